The summed E-state index contributed by atoms with van der Waals surface area (Å²) in [6.07, 6.45) is 0. The van der Waals surface area contributed by atoms with Crippen molar-refractivity contribution in [3.8, 4) is 0 Å². The molecular formula is C10H13FN2O2. The molecule has 0 heterocycles. The largest absolute Gasteiger partial charge is 0.480 e. The molecule has 0 amide bonds. The van der Waals surface area contributed by atoms with Crippen LogP contribution in [0.1, 0.15) is 5.56 Å². The zero-order valence-electron chi connectivity index (χ0n) is 8.33. The number of para-hydroxylation sites is 1. The average molecular weight is 212 g/mol. The third-order valence-corrected chi connectivity index (χ3v) is 2.04. The van der Waals surface area contributed by atoms with Crippen LogP contribution in [0.5, 0.6) is 0 Å². The lowest BCUT2D eigenvalue weighted by molar-refractivity contribution is -0.138. The number of benzene rings is 1. The molecular weight excluding hydrogens is 199 g/mol. The van der Waals surface area contributed by atoms with Crippen LogP contribution in [0.2, 0.25) is 0 Å². The number of carboxylic acid groups (broad SMARTS) is 1. The lowest BCUT2D eigenvalue weighted by Gasteiger charge is -2.12. The predicted molar refractivity (Wildman–Crippen MR) is 55.2 cm³/mol. The summed E-state index contributed by atoms with van der Waals surface area (Å²) in [6.45, 7) is 1.73. The van der Waals surface area contributed by atoms with E-state index in [0.717, 1.165) is 0 Å². The molecule has 0 aliphatic rings. The van der Waals surface area contributed by atoms with E-state index in [0.29, 0.717) is 11.3 Å². The van der Waals surface area contributed by atoms with Crippen LogP contribution in [-0.2, 0) is 4.79 Å². The van der Waals surface area contributed by atoms with E-state index >= 15 is 0 Å². The van der Waals surface area contributed by atoms with Crippen molar-refractivity contribution in [2.24, 2.45) is 5.73 Å². The van der Waals surface area contributed by atoms with Gasteiger partial charge in [0.05, 0.1) is 5.69 Å². The molecule has 0 saturated heterocycles. The Labute approximate surface area is 86.9 Å². The van der Waals surface area contributed by atoms with Crippen molar-refractivity contribution >= 4 is 11.7 Å². The van der Waals surface area contributed by atoms with E-state index in [9.17, 15) is 9.18 Å². The molecule has 4 N–H and O–H groups in total. The zero-order valence-corrected chi connectivity index (χ0v) is 8.33. The summed E-state index contributed by atoms with van der Waals surface area (Å²) in [5.41, 5.74) is 6.30. The van der Waals surface area contributed by atoms with Gasteiger partial charge in [-0.15, -0.1) is 0 Å². The maximum Gasteiger partial charge on any atom is 0.322 e. The van der Waals surface area contributed by atoms with Gasteiger partial charge in [0.1, 0.15) is 11.9 Å². The normalized spacial score (nSPS) is 12.2. The van der Waals surface area contributed by atoms with Crippen molar-refractivity contribution in [2.75, 3.05) is 11.9 Å². The number of carboxylic acids is 1. The summed E-state index contributed by atoms with van der Waals surface area (Å²) in [6, 6.07) is 3.59. The number of anilines is 1. The first-order chi connectivity index (χ1) is 7.02. The number of aliphatic carboxylic acids is 1. The Hall–Kier alpha value is -1.62. The summed E-state index contributed by atoms with van der Waals surface area (Å²) in [7, 11) is 0. The molecule has 1 aromatic carbocycles. The van der Waals surface area contributed by atoms with Gasteiger partial charge in [-0.2, -0.15) is 0 Å². The van der Waals surface area contributed by atoms with Gasteiger partial charge in [0.25, 0.3) is 0 Å². The van der Waals surface area contributed by atoms with Crippen LogP contribution in [0.3, 0.4) is 0 Å². The summed E-state index contributed by atoms with van der Waals surface area (Å²) in [5, 5.41) is 11.2. The molecule has 5 heteroatoms. The van der Waals surface area contributed by atoms with Gasteiger partial charge >= 0.3 is 5.97 Å². The Morgan fingerprint density at radius 2 is 2.33 bits per heavy atom. The smallest absolute Gasteiger partial charge is 0.322 e. The van der Waals surface area contributed by atoms with E-state index in [1.165, 1.54) is 6.07 Å². The molecule has 1 rings (SSSR count). The lowest BCUT2D eigenvalue weighted by Crippen LogP contribution is -2.37. The van der Waals surface area contributed by atoms with Crippen LogP contribution in [0.4, 0.5) is 10.1 Å². The Morgan fingerprint density at radius 3 is 2.87 bits per heavy atom. The second kappa shape index (κ2) is 4.75. The predicted octanol–water partition coefficient (Wildman–Crippen LogP) is 0.958. The lowest BCUT2D eigenvalue weighted by atomic mass is 10.2. The summed E-state index contributed by atoms with van der Waals surface area (Å²) >= 11 is 0. The minimum atomic E-state index is -1.11. The number of aryl methyl sites for hydroxylation is 1. The van der Waals surface area contributed by atoms with E-state index in [4.69, 9.17) is 10.8 Å². The third kappa shape index (κ3) is 2.92. The van der Waals surface area contributed by atoms with Gasteiger partial charge in [-0.3, -0.25) is 4.79 Å². The number of hydrogen-bond acceptors (Lipinski definition) is 3. The Bertz CT molecular complexity index is 348. The monoisotopic (exact) mass is 212 g/mol. The maximum absolute atomic E-state index is 13.3. The van der Waals surface area contributed by atoms with E-state index in [2.05, 4.69) is 5.32 Å². The average Bonchev–Trinajstić information content (AvgIpc) is 2.16. The molecule has 0 fully saturated rings. The van der Waals surface area contributed by atoms with Crippen molar-refractivity contribution < 1.29 is 14.3 Å². The molecule has 82 valence electrons. The molecule has 0 radical (unpaired) electrons. The van der Waals surface area contributed by atoms with Gasteiger partial charge in [0, 0.05) is 6.54 Å². The number of halogens is 1. The van der Waals surface area contributed by atoms with Crippen LogP contribution in [0.25, 0.3) is 0 Å². The van der Waals surface area contributed by atoms with Crippen LogP contribution in [-0.4, -0.2) is 23.7 Å². The van der Waals surface area contributed by atoms with Crippen molar-refractivity contribution in [1.82, 2.24) is 0 Å². The first kappa shape index (κ1) is 11.5. The molecule has 1 unspecified atom stereocenters. The van der Waals surface area contributed by atoms with Crippen LogP contribution in [0, 0.1) is 12.7 Å². The molecule has 1 aromatic rings. The third-order valence-electron chi connectivity index (χ3n) is 2.04. The zero-order chi connectivity index (χ0) is 11.4. The van der Waals surface area contributed by atoms with Crippen LogP contribution >= 0.6 is 0 Å². The fourth-order valence-corrected chi connectivity index (χ4v) is 1.16. The number of nitrogens with one attached hydrogen (secondary N) is 1. The van der Waals surface area contributed by atoms with E-state index in [-0.39, 0.29) is 6.54 Å². The minimum absolute atomic E-state index is 0.00287. The second-order valence-electron chi connectivity index (χ2n) is 3.26. The molecule has 0 aromatic heterocycles. The minimum Gasteiger partial charge on any atom is -0.480 e. The highest BCUT2D eigenvalue weighted by atomic mass is 19.1. The molecule has 0 aliphatic carbocycles. The van der Waals surface area contributed by atoms with Crippen LogP contribution in [0.15, 0.2) is 18.2 Å². The molecule has 0 aliphatic heterocycles. The highest BCUT2D eigenvalue weighted by Gasteiger charge is 2.12. The van der Waals surface area contributed by atoms with Crippen molar-refractivity contribution in [3.63, 3.8) is 0 Å². The van der Waals surface area contributed by atoms with Gasteiger partial charge in [0.15, 0.2) is 0 Å². The van der Waals surface area contributed by atoms with Crippen molar-refractivity contribution in [1.29, 1.82) is 0 Å². The highest BCUT2D eigenvalue weighted by Crippen LogP contribution is 2.18. The molecule has 15 heavy (non-hydrogen) atoms. The molecule has 0 spiro atoms. The molecule has 0 saturated carbocycles. The Balaban J connectivity index is 2.69. The number of hydrogen-bond donors (Lipinski definition) is 3. The molecule has 0 bridgehead atoms. The van der Waals surface area contributed by atoms with Crippen molar-refractivity contribution in [3.05, 3.63) is 29.6 Å². The van der Waals surface area contributed by atoms with E-state index in [1.807, 2.05) is 0 Å². The van der Waals surface area contributed by atoms with Gasteiger partial charge in [0.2, 0.25) is 0 Å². The first-order valence-corrected chi connectivity index (χ1v) is 4.49. The topological polar surface area (TPSA) is 75.3 Å². The van der Waals surface area contributed by atoms with E-state index < -0.39 is 17.8 Å². The quantitative estimate of drug-likeness (QED) is 0.694. The second-order valence-corrected chi connectivity index (χ2v) is 3.26. The molecule has 4 nitrogen and oxygen atoms in total. The Kier molecular flexibility index (Phi) is 3.62. The fraction of sp³-hybridized carbons (Fsp3) is 0.300. The molecule has 1 atom stereocenters. The summed E-state index contributed by atoms with van der Waals surface area (Å²) in [4.78, 5) is 10.4. The fourth-order valence-electron chi connectivity index (χ4n) is 1.16. The number of nitrogens with two attached hydrogens (primary N) is 1. The standard InChI is InChI=1S/C10H13FN2O2/c1-6-3-2-4-7(11)9(6)13-5-8(12)10(14)15/h2-4,8,13H,5,12H2,1H3,(H,14,15). The highest BCUT2D eigenvalue weighted by molar-refractivity contribution is 5.74. The number of carbonyl (C=O) groups is 1. The van der Waals surface area contributed by atoms with Crippen LogP contribution < -0.4 is 11.1 Å². The summed E-state index contributed by atoms with van der Waals surface area (Å²) < 4.78 is 13.3. The van der Waals surface area contributed by atoms with E-state index in [1.54, 1.807) is 19.1 Å². The first-order valence-electron chi connectivity index (χ1n) is 4.49. The van der Waals surface area contributed by atoms with Gasteiger partial charge in [-0.1, -0.05) is 12.1 Å². The van der Waals surface area contributed by atoms with Gasteiger partial charge < -0.3 is 16.2 Å². The van der Waals surface area contributed by atoms with Gasteiger partial charge in [-0.05, 0) is 18.6 Å². The maximum atomic E-state index is 13.3. The SMILES string of the molecule is Cc1cccc(F)c1NCC(N)C(=O)O. The summed E-state index contributed by atoms with van der Waals surface area (Å²) in [5.74, 6) is -1.52. The Morgan fingerprint density at radius 1 is 1.67 bits per heavy atom. The van der Waals surface area contributed by atoms with Crippen molar-refractivity contribution in [2.45, 2.75) is 13.0 Å². The van der Waals surface area contributed by atoms with Gasteiger partial charge in [-0.25, -0.2) is 4.39 Å². The number of rotatable bonds is 4.